The van der Waals surface area contributed by atoms with E-state index in [1.807, 2.05) is 37.3 Å². The van der Waals surface area contributed by atoms with Crippen LogP contribution >= 0.6 is 0 Å². The van der Waals surface area contributed by atoms with Crippen LogP contribution in [0.15, 0.2) is 40.9 Å². The molecule has 0 aromatic heterocycles. The number of benzene rings is 1. The number of ether oxygens (including phenoxy) is 1. The number of hydrogen-bond acceptors (Lipinski definition) is 5. The first-order chi connectivity index (χ1) is 13.4. The Hall–Kier alpha value is -2.48. The van der Waals surface area contributed by atoms with Gasteiger partial charge in [-0.3, -0.25) is 13.8 Å². The van der Waals surface area contributed by atoms with Gasteiger partial charge in [0.15, 0.2) is 0 Å². The summed E-state index contributed by atoms with van der Waals surface area (Å²) in [6.07, 6.45) is 1.58. The average Bonchev–Trinajstić information content (AvgIpc) is 3.03. The number of carbonyl (C=O) groups is 3. The Bertz CT molecular complexity index is 836. The van der Waals surface area contributed by atoms with Crippen molar-refractivity contribution in [3.8, 4) is 0 Å². The molecule has 2 heterocycles. The molecular formula is C20H24N2O5S. The quantitative estimate of drug-likeness (QED) is 0.497. The molecule has 3 unspecified atom stereocenters. The normalized spacial score (nSPS) is 21.9. The summed E-state index contributed by atoms with van der Waals surface area (Å²) in [5, 5.41) is 0. The van der Waals surface area contributed by atoms with Gasteiger partial charge in [0.2, 0.25) is 11.8 Å². The third kappa shape index (κ3) is 4.01. The molecule has 2 aliphatic rings. The summed E-state index contributed by atoms with van der Waals surface area (Å²) in [5.41, 5.74) is 6.08. The van der Waals surface area contributed by atoms with Gasteiger partial charge >= 0.3 is 5.97 Å². The van der Waals surface area contributed by atoms with Crippen molar-refractivity contribution in [2.24, 2.45) is 11.7 Å². The highest BCUT2D eigenvalue weighted by molar-refractivity contribution is 7.89. The molecule has 1 fully saturated rings. The van der Waals surface area contributed by atoms with Gasteiger partial charge < -0.3 is 15.4 Å². The number of amides is 2. The first-order valence-corrected chi connectivity index (χ1v) is 10.7. The SMILES string of the molecule is CCC1C(=O)N2C(C(=O)OCc3ccccc3)=C(S(=O)CCCC(N)=O)CC12. The van der Waals surface area contributed by atoms with E-state index in [0.29, 0.717) is 24.2 Å². The second-order valence-electron chi connectivity index (χ2n) is 6.95. The lowest BCUT2D eigenvalue weighted by molar-refractivity contribution is -0.157. The van der Waals surface area contributed by atoms with E-state index in [2.05, 4.69) is 0 Å². The fraction of sp³-hybridized carbons (Fsp3) is 0.450. The van der Waals surface area contributed by atoms with Crippen LogP contribution < -0.4 is 5.73 Å². The second kappa shape index (κ2) is 8.68. The van der Waals surface area contributed by atoms with Crippen LogP contribution in [-0.4, -0.2) is 38.7 Å². The van der Waals surface area contributed by atoms with Crippen LogP contribution in [0, 0.1) is 5.92 Å². The minimum atomic E-state index is -1.47. The number of primary amides is 1. The van der Waals surface area contributed by atoms with E-state index < -0.39 is 22.7 Å². The summed E-state index contributed by atoms with van der Waals surface area (Å²) in [6.45, 7) is 2.00. The molecule has 0 radical (unpaired) electrons. The number of nitrogens with zero attached hydrogens (tertiary/aromatic N) is 1. The van der Waals surface area contributed by atoms with E-state index >= 15 is 0 Å². The third-order valence-corrected chi connectivity index (χ3v) is 6.69. The van der Waals surface area contributed by atoms with E-state index in [1.54, 1.807) is 0 Å². The van der Waals surface area contributed by atoms with Crippen molar-refractivity contribution in [1.82, 2.24) is 4.90 Å². The zero-order valence-corrected chi connectivity index (χ0v) is 16.6. The second-order valence-corrected chi connectivity index (χ2v) is 8.54. The molecule has 1 aromatic rings. The standard InChI is InChI=1S/C20H24N2O5S/c1-2-14-15-11-16(28(26)10-6-9-17(21)23)18(22(15)19(14)24)20(25)27-12-13-7-4-3-5-8-13/h3-5,7-8,14-15H,2,6,9-12H2,1H3,(H2,21,23). The van der Waals surface area contributed by atoms with Crippen molar-refractivity contribution in [2.75, 3.05) is 5.75 Å². The molecule has 3 atom stereocenters. The highest BCUT2D eigenvalue weighted by Gasteiger charge is 2.55. The summed E-state index contributed by atoms with van der Waals surface area (Å²) in [6, 6.07) is 9.10. The summed E-state index contributed by atoms with van der Waals surface area (Å²) >= 11 is 0. The van der Waals surface area contributed by atoms with Crippen LogP contribution in [0.2, 0.25) is 0 Å². The number of carbonyl (C=O) groups excluding carboxylic acids is 3. The lowest BCUT2D eigenvalue weighted by atomic mass is 9.85. The molecule has 150 valence electrons. The Morgan fingerprint density at radius 1 is 1.29 bits per heavy atom. The molecule has 1 saturated heterocycles. The van der Waals surface area contributed by atoms with E-state index in [-0.39, 0.29) is 42.3 Å². The maximum Gasteiger partial charge on any atom is 0.356 e. The summed E-state index contributed by atoms with van der Waals surface area (Å²) < 4.78 is 18.2. The van der Waals surface area contributed by atoms with Crippen LogP contribution in [0.1, 0.15) is 38.2 Å². The molecule has 7 nitrogen and oxygen atoms in total. The van der Waals surface area contributed by atoms with Crippen molar-refractivity contribution in [3.05, 3.63) is 46.5 Å². The molecule has 2 amide bonds. The average molecular weight is 404 g/mol. The Morgan fingerprint density at radius 3 is 2.64 bits per heavy atom. The van der Waals surface area contributed by atoms with Crippen molar-refractivity contribution in [3.63, 3.8) is 0 Å². The highest BCUT2D eigenvalue weighted by atomic mass is 32.2. The number of hydrogen-bond donors (Lipinski definition) is 1. The van der Waals surface area contributed by atoms with Gasteiger partial charge in [0.25, 0.3) is 0 Å². The van der Waals surface area contributed by atoms with Gasteiger partial charge in [0.05, 0.1) is 22.8 Å². The van der Waals surface area contributed by atoms with Gasteiger partial charge in [0.1, 0.15) is 12.3 Å². The van der Waals surface area contributed by atoms with Gasteiger partial charge in [-0.25, -0.2) is 4.79 Å². The van der Waals surface area contributed by atoms with E-state index in [1.165, 1.54) is 4.90 Å². The molecular weight excluding hydrogens is 380 g/mol. The van der Waals surface area contributed by atoms with Gasteiger partial charge in [-0.1, -0.05) is 37.3 Å². The molecule has 2 aliphatic heterocycles. The number of β-lactam (4-membered cyclic amide) rings is 1. The Kier molecular flexibility index (Phi) is 6.28. The number of esters is 1. The van der Waals surface area contributed by atoms with Crippen LogP contribution in [0.4, 0.5) is 0 Å². The minimum absolute atomic E-state index is 0.0780. The van der Waals surface area contributed by atoms with Crippen molar-refractivity contribution < 1.29 is 23.3 Å². The third-order valence-electron chi connectivity index (χ3n) is 5.12. The largest absolute Gasteiger partial charge is 0.456 e. The Labute approximate surface area is 166 Å². The fourth-order valence-corrected chi connectivity index (χ4v) is 5.09. The summed E-state index contributed by atoms with van der Waals surface area (Å²) in [4.78, 5) is 38.0. The number of nitrogens with two attached hydrogens (primary N) is 1. The predicted molar refractivity (Wildman–Crippen MR) is 104 cm³/mol. The monoisotopic (exact) mass is 404 g/mol. The molecule has 28 heavy (non-hydrogen) atoms. The van der Waals surface area contributed by atoms with Gasteiger partial charge in [-0.2, -0.15) is 0 Å². The Morgan fingerprint density at radius 2 is 2.00 bits per heavy atom. The van der Waals surface area contributed by atoms with Crippen LogP contribution in [-0.2, 0) is 36.5 Å². The van der Waals surface area contributed by atoms with Gasteiger partial charge in [0, 0.05) is 23.5 Å². The lowest BCUT2D eigenvalue weighted by Gasteiger charge is -2.43. The zero-order valence-electron chi connectivity index (χ0n) is 15.8. The van der Waals surface area contributed by atoms with Gasteiger partial charge in [-0.15, -0.1) is 0 Å². The first-order valence-electron chi connectivity index (χ1n) is 9.38. The molecule has 3 rings (SSSR count). The maximum absolute atomic E-state index is 12.8. The molecule has 0 saturated carbocycles. The van der Waals surface area contributed by atoms with Crippen LogP contribution in [0.25, 0.3) is 0 Å². The van der Waals surface area contributed by atoms with Crippen LogP contribution in [0.3, 0.4) is 0 Å². The Balaban J connectivity index is 1.76. The number of rotatable bonds is 9. The highest BCUT2D eigenvalue weighted by Crippen LogP contribution is 2.45. The predicted octanol–water partition coefficient (Wildman–Crippen LogP) is 1.60. The lowest BCUT2D eigenvalue weighted by Crippen LogP contribution is -2.58. The zero-order chi connectivity index (χ0) is 20.3. The minimum Gasteiger partial charge on any atom is -0.456 e. The van der Waals surface area contributed by atoms with E-state index in [0.717, 1.165) is 5.56 Å². The smallest absolute Gasteiger partial charge is 0.356 e. The molecule has 0 aliphatic carbocycles. The molecule has 2 N–H and O–H groups in total. The molecule has 0 spiro atoms. The topological polar surface area (TPSA) is 107 Å². The summed E-state index contributed by atoms with van der Waals surface area (Å²) in [5.74, 6) is -1.14. The van der Waals surface area contributed by atoms with Crippen LogP contribution in [0.5, 0.6) is 0 Å². The van der Waals surface area contributed by atoms with Crippen molar-refractivity contribution in [2.45, 2.75) is 45.3 Å². The van der Waals surface area contributed by atoms with Gasteiger partial charge in [-0.05, 0) is 18.4 Å². The van der Waals surface area contributed by atoms with Crippen molar-refractivity contribution in [1.29, 1.82) is 0 Å². The first kappa shape index (κ1) is 20.3. The summed E-state index contributed by atoms with van der Waals surface area (Å²) in [7, 11) is -1.47. The van der Waals surface area contributed by atoms with E-state index in [9.17, 15) is 18.6 Å². The molecule has 0 bridgehead atoms. The molecule has 8 heteroatoms. The molecule has 1 aromatic carbocycles. The van der Waals surface area contributed by atoms with E-state index in [4.69, 9.17) is 10.5 Å². The van der Waals surface area contributed by atoms with Crippen molar-refractivity contribution >= 4 is 28.6 Å². The maximum atomic E-state index is 12.8. The number of fused-ring (bicyclic) bond motifs is 1. The fourth-order valence-electron chi connectivity index (χ4n) is 3.69.